The van der Waals surface area contributed by atoms with Gasteiger partial charge < -0.3 is 0 Å². The maximum atomic E-state index is 12.2. The minimum Gasteiger partial charge on any atom is -0.289 e. The molecule has 0 aliphatic carbocycles. The number of terminal acetylenes is 1. The van der Waals surface area contributed by atoms with Crippen LogP contribution in [0.2, 0.25) is 10.0 Å². The average Bonchev–Trinajstić information content (AvgIpc) is 2.41. The van der Waals surface area contributed by atoms with Gasteiger partial charge in [0.1, 0.15) is 5.82 Å². The summed E-state index contributed by atoms with van der Waals surface area (Å²) < 4.78 is 1.25. The van der Waals surface area contributed by atoms with Crippen molar-refractivity contribution in [1.29, 1.82) is 0 Å². The first-order chi connectivity index (χ1) is 10.0. The first-order valence-electron chi connectivity index (χ1n) is 5.89. The molecule has 0 spiro atoms. The molecule has 0 fully saturated rings. The van der Waals surface area contributed by atoms with Crippen LogP contribution in [0, 0.1) is 19.3 Å². The molecule has 0 unspecified atom stereocenters. The fraction of sp³-hybridized carbons (Fsp3) is 0.154. The lowest BCUT2D eigenvalue weighted by Crippen LogP contribution is -2.30. The van der Waals surface area contributed by atoms with Crippen LogP contribution in [-0.4, -0.2) is 21.1 Å². The van der Waals surface area contributed by atoms with Crippen LogP contribution in [0.15, 0.2) is 23.0 Å². The third-order valence-electron chi connectivity index (χ3n) is 2.54. The van der Waals surface area contributed by atoms with Crippen LogP contribution < -0.4 is 16.5 Å². The number of hydrogen-bond acceptors (Lipinski definition) is 5. The summed E-state index contributed by atoms with van der Waals surface area (Å²) in [4.78, 5) is 20.1. The molecule has 1 heterocycles. The number of para-hydroxylation sites is 1. The van der Waals surface area contributed by atoms with Gasteiger partial charge in [0.05, 0.1) is 22.3 Å². The van der Waals surface area contributed by atoms with E-state index in [1.54, 1.807) is 25.1 Å². The molecule has 1 aromatic carbocycles. The van der Waals surface area contributed by atoms with Crippen molar-refractivity contribution in [3.05, 3.63) is 44.6 Å². The Morgan fingerprint density at radius 2 is 2.00 bits per heavy atom. The molecule has 0 aliphatic rings. The second-order valence-electron chi connectivity index (χ2n) is 3.97. The van der Waals surface area contributed by atoms with Gasteiger partial charge in [0.2, 0.25) is 5.95 Å². The highest BCUT2D eigenvalue weighted by molar-refractivity contribution is 6.37. The van der Waals surface area contributed by atoms with E-state index >= 15 is 0 Å². The molecular formula is C13H11Cl2N5O. The largest absolute Gasteiger partial charge is 0.357 e. The molecule has 1 aromatic heterocycles. The average molecular weight is 324 g/mol. The normalized spacial score (nSPS) is 10.2. The van der Waals surface area contributed by atoms with E-state index in [1.165, 1.54) is 4.57 Å². The molecule has 108 valence electrons. The molecule has 2 aromatic rings. The number of aromatic nitrogens is 3. The number of anilines is 1. The number of aryl methyl sites for hydroxylation is 1. The predicted molar refractivity (Wildman–Crippen MR) is 82.8 cm³/mol. The van der Waals surface area contributed by atoms with Crippen LogP contribution in [0.3, 0.4) is 0 Å². The maximum Gasteiger partial charge on any atom is 0.357 e. The third-order valence-corrected chi connectivity index (χ3v) is 3.15. The standard InChI is InChI=1S/C13H11Cl2N5O/c1-3-7-16-19-12-17-8(2)20(13(21)18-12)11-9(14)5-4-6-10(11)15/h1,4-6,16H,7H2,2H3,(H,18,19,21). The van der Waals surface area contributed by atoms with E-state index in [4.69, 9.17) is 29.6 Å². The zero-order valence-electron chi connectivity index (χ0n) is 11.0. The van der Waals surface area contributed by atoms with Crippen molar-refractivity contribution in [1.82, 2.24) is 20.0 Å². The summed E-state index contributed by atoms with van der Waals surface area (Å²) in [6.07, 6.45) is 5.10. The first-order valence-corrected chi connectivity index (χ1v) is 6.64. The zero-order chi connectivity index (χ0) is 15.4. The van der Waals surface area contributed by atoms with Crippen molar-refractivity contribution in [2.75, 3.05) is 12.0 Å². The second-order valence-corrected chi connectivity index (χ2v) is 4.78. The monoisotopic (exact) mass is 323 g/mol. The van der Waals surface area contributed by atoms with Crippen molar-refractivity contribution in [2.24, 2.45) is 0 Å². The molecule has 2 N–H and O–H groups in total. The second kappa shape index (κ2) is 6.59. The van der Waals surface area contributed by atoms with Crippen molar-refractivity contribution in [2.45, 2.75) is 6.92 Å². The van der Waals surface area contributed by atoms with E-state index in [2.05, 4.69) is 26.7 Å². The number of rotatable bonds is 4. The topological polar surface area (TPSA) is 71.8 Å². The molecule has 0 bridgehead atoms. The molecule has 8 heteroatoms. The van der Waals surface area contributed by atoms with E-state index in [9.17, 15) is 4.79 Å². The Kier molecular flexibility index (Phi) is 4.81. The Hall–Kier alpha value is -2.07. The van der Waals surface area contributed by atoms with Crippen molar-refractivity contribution >= 4 is 29.2 Å². The number of hydrogen-bond donors (Lipinski definition) is 2. The highest BCUT2D eigenvalue weighted by Gasteiger charge is 2.14. The van der Waals surface area contributed by atoms with Crippen molar-refractivity contribution in [3.63, 3.8) is 0 Å². The molecular weight excluding hydrogens is 313 g/mol. The predicted octanol–water partition coefficient (Wildman–Crippen LogP) is 1.79. The van der Waals surface area contributed by atoms with E-state index < -0.39 is 5.69 Å². The molecule has 0 atom stereocenters. The third kappa shape index (κ3) is 3.34. The lowest BCUT2D eigenvalue weighted by molar-refractivity contribution is 0.788. The number of benzene rings is 1. The van der Waals surface area contributed by atoms with Gasteiger partial charge in [-0.3, -0.25) is 5.43 Å². The highest BCUT2D eigenvalue weighted by atomic mass is 35.5. The van der Waals surface area contributed by atoms with E-state index in [1.807, 2.05) is 0 Å². The smallest absolute Gasteiger partial charge is 0.289 e. The van der Waals surface area contributed by atoms with Gasteiger partial charge in [-0.05, 0) is 19.1 Å². The summed E-state index contributed by atoms with van der Waals surface area (Å²) in [7, 11) is 0. The number of nitrogens with one attached hydrogen (secondary N) is 2. The fourth-order valence-corrected chi connectivity index (χ4v) is 2.26. The van der Waals surface area contributed by atoms with E-state index in [0.717, 1.165) is 0 Å². The van der Waals surface area contributed by atoms with Crippen molar-refractivity contribution in [3.8, 4) is 18.0 Å². The summed E-state index contributed by atoms with van der Waals surface area (Å²) in [5.41, 5.74) is 5.12. The van der Waals surface area contributed by atoms with Gasteiger partial charge in [-0.25, -0.2) is 14.8 Å². The van der Waals surface area contributed by atoms with Crippen LogP contribution in [0.4, 0.5) is 5.95 Å². The Morgan fingerprint density at radius 1 is 1.33 bits per heavy atom. The minimum atomic E-state index is -0.553. The van der Waals surface area contributed by atoms with E-state index in [0.29, 0.717) is 21.6 Å². The van der Waals surface area contributed by atoms with Gasteiger partial charge in [-0.15, -0.1) is 6.42 Å². The fourth-order valence-electron chi connectivity index (χ4n) is 1.70. The van der Waals surface area contributed by atoms with Crippen LogP contribution >= 0.6 is 23.2 Å². The summed E-state index contributed by atoms with van der Waals surface area (Å²) in [5.74, 6) is 2.87. The van der Waals surface area contributed by atoms with Crippen LogP contribution in [0.5, 0.6) is 0 Å². The number of hydrazine groups is 1. The maximum absolute atomic E-state index is 12.2. The van der Waals surface area contributed by atoms with Crippen LogP contribution in [0.1, 0.15) is 5.82 Å². The Balaban J connectivity index is 2.48. The quantitative estimate of drug-likeness (QED) is 0.510. The Bertz CT molecular complexity index is 746. The lowest BCUT2D eigenvalue weighted by atomic mass is 10.3. The highest BCUT2D eigenvalue weighted by Crippen LogP contribution is 2.27. The summed E-state index contributed by atoms with van der Waals surface area (Å²) >= 11 is 12.2. The number of nitrogens with zero attached hydrogens (tertiary/aromatic N) is 3. The molecule has 0 saturated carbocycles. The first kappa shape index (κ1) is 15.3. The summed E-state index contributed by atoms with van der Waals surface area (Å²) in [6, 6.07) is 4.96. The molecule has 0 saturated heterocycles. The van der Waals surface area contributed by atoms with Crippen LogP contribution in [0.25, 0.3) is 5.69 Å². The van der Waals surface area contributed by atoms with Crippen LogP contribution in [-0.2, 0) is 0 Å². The van der Waals surface area contributed by atoms with Gasteiger partial charge in [-0.2, -0.15) is 9.97 Å². The number of halogens is 2. The zero-order valence-corrected chi connectivity index (χ0v) is 12.5. The van der Waals surface area contributed by atoms with Gasteiger partial charge in [-0.1, -0.05) is 35.2 Å². The van der Waals surface area contributed by atoms with Gasteiger partial charge >= 0.3 is 5.69 Å². The lowest BCUT2D eigenvalue weighted by Gasteiger charge is -2.13. The van der Waals surface area contributed by atoms with Gasteiger partial charge in [0, 0.05) is 0 Å². The minimum absolute atomic E-state index is 0.118. The van der Waals surface area contributed by atoms with Gasteiger partial charge in [0.15, 0.2) is 0 Å². The molecule has 2 rings (SSSR count). The molecule has 6 nitrogen and oxygen atoms in total. The molecule has 0 aliphatic heterocycles. The van der Waals surface area contributed by atoms with E-state index in [-0.39, 0.29) is 12.5 Å². The SMILES string of the molecule is C#CCNNc1nc(C)n(-c2c(Cl)cccc2Cl)c(=O)n1. The summed E-state index contributed by atoms with van der Waals surface area (Å²) in [6.45, 7) is 1.91. The van der Waals surface area contributed by atoms with Gasteiger partial charge in [0.25, 0.3) is 0 Å². The molecule has 0 amide bonds. The Morgan fingerprint density at radius 3 is 2.57 bits per heavy atom. The molecule has 0 radical (unpaired) electrons. The summed E-state index contributed by atoms with van der Waals surface area (Å²) in [5, 5.41) is 0.671. The molecule has 21 heavy (non-hydrogen) atoms. The Labute approximate surface area is 131 Å². The van der Waals surface area contributed by atoms with Crippen molar-refractivity contribution < 1.29 is 0 Å².